The first-order valence-corrected chi connectivity index (χ1v) is 4.15. The zero-order chi connectivity index (χ0) is 10.6. The van der Waals surface area contributed by atoms with Gasteiger partial charge in [-0.1, -0.05) is 12.7 Å². The Morgan fingerprint density at radius 3 is 2.93 bits per heavy atom. The first-order valence-electron chi connectivity index (χ1n) is 4.15. The van der Waals surface area contributed by atoms with Crippen molar-refractivity contribution in [1.29, 1.82) is 0 Å². The van der Waals surface area contributed by atoms with Crippen molar-refractivity contribution >= 4 is 18.2 Å². The molecule has 0 atom stereocenters. The van der Waals surface area contributed by atoms with E-state index in [4.69, 9.17) is 0 Å². The van der Waals surface area contributed by atoms with E-state index in [9.17, 15) is 4.79 Å². The molecule has 0 radical (unpaired) electrons. The van der Waals surface area contributed by atoms with Crippen LogP contribution in [0.5, 0.6) is 0 Å². The minimum atomic E-state index is -0.407. The lowest BCUT2D eigenvalue weighted by Crippen LogP contribution is -2.02. The van der Waals surface area contributed by atoms with Gasteiger partial charge in [0.05, 0.1) is 19.0 Å². The largest absolute Gasteiger partial charge is 0.465 e. The Morgan fingerprint density at radius 1 is 1.71 bits per heavy atom. The van der Waals surface area contributed by atoms with Gasteiger partial charge in [-0.05, 0) is 13.0 Å². The molecule has 0 spiro atoms. The van der Waals surface area contributed by atoms with Crippen molar-refractivity contribution < 1.29 is 9.53 Å². The maximum absolute atomic E-state index is 11.3. The maximum atomic E-state index is 11.3. The van der Waals surface area contributed by atoms with Crippen molar-refractivity contribution in [3.05, 3.63) is 30.1 Å². The SMILES string of the molecule is C=Cc1c(C(=O)OC)cnn1/C=C\C. The van der Waals surface area contributed by atoms with Crippen molar-refractivity contribution in [2.24, 2.45) is 0 Å². The molecule has 0 aromatic carbocycles. The standard InChI is InChI=1S/C10H12N2O2/c1-4-6-12-9(5-2)8(7-11-12)10(13)14-3/h4-7H,2H2,1,3H3/b6-4-. The van der Waals surface area contributed by atoms with Crippen LogP contribution in [0.3, 0.4) is 0 Å². The molecule has 1 aromatic rings. The van der Waals surface area contributed by atoms with Gasteiger partial charge in [0.2, 0.25) is 0 Å². The number of hydrogen-bond donors (Lipinski definition) is 0. The Labute approximate surface area is 82.5 Å². The summed E-state index contributed by atoms with van der Waals surface area (Å²) in [5, 5.41) is 4.00. The molecular weight excluding hydrogens is 180 g/mol. The van der Waals surface area contributed by atoms with E-state index in [1.807, 2.05) is 13.0 Å². The number of aromatic nitrogens is 2. The van der Waals surface area contributed by atoms with Gasteiger partial charge >= 0.3 is 5.97 Å². The lowest BCUT2D eigenvalue weighted by Gasteiger charge is -1.99. The van der Waals surface area contributed by atoms with Gasteiger partial charge in [-0.3, -0.25) is 0 Å². The van der Waals surface area contributed by atoms with Crippen LogP contribution < -0.4 is 0 Å². The molecule has 0 saturated carbocycles. The average molecular weight is 192 g/mol. The Hall–Kier alpha value is -1.84. The first kappa shape index (κ1) is 10.2. The molecule has 0 aliphatic rings. The molecule has 74 valence electrons. The predicted molar refractivity (Wildman–Crippen MR) is 54.7 cm³/mol. The fourth-order valence-electron chi connectivity index (χ4n) is 1.10. The topological polar surface area (TPSA) is 44.1 Å². The number of allylic oxidation sites excluding steroid dienone is 1. The molecule has 0 amide bonds. The molecule has 0 saturated heterocycles. The van der Waals surface area contributed by atoms with Crippen molar-refractivity contribution in [1.82, 2.24) is 9.78 Å². The number of methoxy groups -OCH3 is 1. The molecular formula is C10H12N2O2. The molecule has 0 aliphatic heterocycles. The number of hydrogen-bond acceptors (Lipinski definition) is 3. The number of carbonyl (C=O) groups excluding carboxylic acids is 1. The second kappa shape index (κ2) is 4.41. The van der Waals surface area contributed by atoms with E-state index in [-0.39, 0.29) is 0 Å². The summed E-state index contributed by atoms with van der Waals surface area (Å²) in [4.78, 5) is 11.3. The lowest BCUT2D eigenvalue weighted by atomic mass is 10.2. The third kappa shape index (κ3) is 1.74. The smallest absolute Gasteiger partial charge is 0.341 e. The van der Waals surface area contributed by atoms with Crippen LogP contribution in [0.4, 0.5) is 0 Å². The van der Waals surface area contributed by atoms with Gasteiger partial charge in [-0.2, -0.15) is 5.10 Å². The van der Waals surface area contributed by atoms with Gasteiger partial charge in [-0.25, -0.2) is 9.48 Å². The second-order valence-corrected chi connectivity index (χ2v) is 2.57. The van der Waals surface area contributed by atoms with Crippen LogP contribution in [-0.4, -0.2) is 22.9 Å². The highest BCUT2D eigenvalue weighted by Gasteiger charge is 2.14. The highest BCUT2D eigenvalue weighted by Crippen LogP contribution is 2.11. The zero-order valence-corrected chi connectivity index (χ0v) is 8.23. The van der Waals surface area contributed by atoms with E-state index in [0.717, 1.165) is 0 Å². The van der Waals surface area contributed by atoms with Crippen LogP contribution in [0.1, 0.15) is 23.0 Å². The number of rotatable bonds is 3. The van der Waals surface area contributed by atoms with E-state index >= 15 is 0 Å². The molecule has 0 aliphatic carbocycles. The average Bonchev–Trinajstić information content (AvgIpc) is 2.60. The summed E-state index contributed by atoms with van der Waals surface area (Å²) in [6.07, 6.45) is 6.59. The van der Waals surface area contributed by atoms with Gasteiger partial charge in [-0.15, -0.1) is 0 Å². The molecule has 4 nitrogen and oxygen atoms in total. The van der Waals surface area contributed by atoms with E-state index < -0.39 is 5.97 Å². The van der Waals surface area contributed by atoms with Gasteiger partial charge < -0.3 is 4.74 Å². The molecule has 1 aromatic heterocycles. The Kier molecular flexibility index (Phi) is 3.23. The number of ether oxygens (including phenoxy) is 1. The first-order chi connectivity index (χ1) is 6.74. The van der Waals surface area contributed by atoms with Crippen molar-refractivity contribution in [2.45, 2.75) is 6.92 Å². The van der Waals surface area contributed by atoms with E-state index in [1.54, 1.807) is 17.0 Å². The number of esters is 1. The Balaban J connectivity index is 3.19. The van der Waals surface area contributed by atoms with Gasteiger partial charge in [0.15, 0.2) is 0 Å². The molecule has 0 N–H and O–H groups in total. The van der Waals surface area contributed by atoms with Gasteiger partial charge in [0, 0.05) is 6.20 Å². The van der Waals surface area contributed by atoms with E-state index in [0.29, 0.717) is 11.3 Å². The minimum Gasteiger partial charge on any atom is -0.465 e. The molecule has 0 bridgehead atoms. The van der Waals surface area contributed by atoms with Gasteiger partial charge in [0.1, 0.15) is 5.56 Å². The highest BCUT2D eigenvalue weighted by atomic mass is 16.5. The Bertz CT molecular complexity index is 377. The summed E-state index contributed by atoms with van der Waals surface area (Å²) in [6, 6.07) is 0. The van der Waals surface area contributed by atoms with Crippen LogP contribution in [0.25, 0.3) is 12.3 Å². The van der Waals surface area contributed by atoms with Crippen LogP contribution in [-0.2, 0) is 4.74 Å². The lowest BCUT2D eigenvalue weighted by molar-refractivity contribution is 0.0600. The quantitative estimate of drug-likeness (QED) is 0.686. The fraction of sp³-hybridized carbons (Fsp3) is 0.200. The fourth-order valence-corrected chi connectivity index (χ4v) is 1.10. The molecule has 1 heterocycles. The minimum absolute atomic E-state index is 0.407. The summed E-state index contributed by atoms with van der Waals surface area (Å²) in [5.41, 5.74) is 1.05. The van der Waals surface area contributed by atoms with Crippen LogP contribution in [0, 0.1) is 0 Å². The zero-order valence-electron chi connectivity index (χ0n) is 8.23. The number of carbonyl (C=O) groups is 1. The van der Waals surface area contributed by atoms with Crippen molar-refractivity contribution in [3.8, 4) is 0 Å². The summed E-state index contributed by atoms with van der Waals surface area (Å²) in [5.74, 6) is -0.407. The predicted octanol–water partition coefficient (Wildman–Crippen LogP) is 1.80. The van der Waals surface area contributed by atoms with Gasteiger partial charge in [0.25, 0.3) is 0 Å². The molecule has 0 unspecified atom stereocenters. The monoisotopic (exact) mass is 192 g/mol. The highest BCUT2D eigenvalue weighted by molar-refractivity contribution is 5.92. The molecule has 1 rings (SSSR count). The van der Waals surface area contributed by atoms with Crippen molar-refractivity contribution in [3.63, 3.8) is 0 Å². The molecule has 0 fully saturated rings. The van der Waals surface area contributed by atoms with E-state index in [2.05, 4.69) is 16.4 Å². The molecule has 4 heteroatoms. The normalized spacial score (nSPS) is 10.4. The number of nitrogens with zero attached hydrogens (tertiary/aromatic N) is 2. The third-order valence-electron chi connectivity index (χ3n) is 1.72. The van der Waals surface area contributed by atoms with Crippen LogP contribution in [0.2, 0.25) is 0 Å². The summed E-state index contributed by atoms with van der Waals surface area (Å²) < 4.78 is 6.17. The maximum Gasteiger partial charge on any atom is 0.341 e. The van der Waals surface area contributed by atoms with E-state index in [1.165, 1.54) is 13.3 Å². The third-order valence-corrected chi connectivity index (χ3v) is 1.72. The Morgan fingerprint density at radius 2 is 2.43 bits per heavy atom. The summed E-state index contributed by atoms with van der Waals surface area (Å²) in [7, 11) is 1.34. The van der Waals surface area contributed by atoms with Crippen LogP contribution in [0.15, 0.2) is 18.9 Å². The molecule has 14 heavy (non-hydrogen) atoms. The second-order valence-electron chi connectivity index (χ2n) is 2.57. The van der Waals surface area contributed by atoms with Crippen LogP contribution >= 0.6 is 0 Å². The van der Waals surface area contributed by atoms with Crippen molar-refractivity contribution in [2.75, 3.05) is 7.11 Å². The summed E-state index contributed by atoms with van der Waals surface area (Å²) >= 11 is 0. The summed E-state index contributed by atoms with van der Waals surface area (Å²) in [6.45, 7) is 5.49.